The molecule has 0 amide bonds. The number of rotatable bonds is 5. The van der Waals surface area contributed by atoms with Crippen molar-refractivity contribution in [2.75, 3.05) is 20.8 Å². The van der Waals surface area contributed by atoms with Crippen LogP contribution in [0.4, 0.5) is 0 Å². The molecule has 1 unspecified atom stereocenters. The summed E-state index contributed by atoms with van der Waals surface area (Å²) >= 11 is 4.94. The van der Waals surface area contributed by atoms with Crippen LogP contribution in [0, 0.1) is 0 Å². The van der Waals surface area contributed by atoms with E-state index in [2.05, 4.69) is 15.9 Å². The van der Waals surface area contributed by atoms with Crippen molar-refractivity contribution in [1.82, 2.24) is 9.29 Å². The van der Waals surface area contributed by atoms with Crippen molar-refractivity contribution in [2.45, 2.75) is 23.8 Å². The zero-order valence-corrected chi connectivity index (χ0v) is 18.6. The van der Waals surface area contributed by atoms with E-state index in [1.807, 2.05) is 24.3 Å². The Bertz CT molecular complexity index is 1100. The van der Waals surface area contributed by atoms with Crippen LogP contribution in [0.15, 0.2) is 45.8 Å². The van der Waals surface area contributed by atoms with Crippen LogP contribution in [0.2, 0.25) is 0 Å². The molecule has 28 heavy (non-hydrogen) atoms. The Morgan fingerprint density at radius 2 is 1.89 bits per heavy atom. The van der Waals surface area contributed by atoms with Crippen LogP contribution in [0.5, 0.6) is 11.5 Å². The summed E-state index contributed by atoms with van der Waals surface area (Å²) in [5.41, 5.74) is 0.902. The summed E-state index contributed by atoms with van der Waals surface area (Å²) in [5, 5.41) is 0.832. The number of benzene rings is 2. The Hall–Kier alpha value is -1.68. The van der Waals surface area contributed by atoms with Crippen molar-refractivity contribution in [3.63, 3.8) is 0 Å². The van der Waals surface area contributed by atoms with E-state index in [9.17, 15) is 8.42 Å². The second-order valence-electron chi connectivity index (χ2n) is 6.43. The average molecular weight is 483 g/mol. The number of halogens is 1. The number of methoxy groups -OCH3 is 2. The molecule has 0 N–H and O–H groups in total. The highest BCUT2D eigenvalue weighted by molar-refractivity contribution is 9.10. The second kappa shape index (κ2) is 7.62. The molecule has 4 rings (SSSR count). The minimum atomic E-state index is -3.74. The number of nitrogens with zero attached hydrogens (tertiary/aromatic N) is 2. The molecule has 3 aromatic rings. The Morgan fingerprint density at radius 3 is 2.61 bits per heavy atom. The molecule has 1 aromatic heterocycles. The van der Waals surface area contributed by atoms with E-state index in [0.717, 1.165) is 28.1 Å². The fraction of sp³-hybridized carbons (Fsp3) is 0.316. The number of hydrogen-bond acceptors (Lipinski definition) is 6. The molecule has 1 aliphatic heterocycles. The highest BCUT2D eigenvalue weighted by atomic mass is 79.9. The number of sulfonamides is 1. The quantitative estimate of drug-likeness (QED) is 0.531. The van der Waals surface area contributed by atoms with Crippen LogP contribution in [-0.2, 0) is 10.0 Å². The van der Waals surface area contributed by atoms with Crippen molar-refractivity contribution in [3.8, 4) is 11.5 Å². The SMILES string of the molecule is COc1cc(Br)c(S(=O)(=O)N2CCCC2c2nc3ccccc3s2)cc1OC. The fourth-order valence-electron chi connectivity index (χ4n) is 3.47. The van der Waals surface area contributed by atoms with Gasteiger partial charge in [0, 0.05) is 17.1 Å². The van der Waals surface area contributed by atoms with Crippen LogP contribution in [0.1, 0.15) is 23.9 Å². The van der Waals surface area contributed by atoms with Crippen molar-refractivity contribution >= 4 is 47.5 Å². The van der Waals surface area contributed by atoms with Crippen LogP contribution in [0.3, 0.4) is 0 Å². The number of aromatic nitrogens is 1. The topological polar surface area (TPSA) is 68.7 Å². The predicted octanol–water partition coefficient (Wildman–Crippen LogP) is 4.60. The zero-order valence-electron chi connectivity index (χ0n) is 15.4. The van der Waals surface area contributed by atoms with Gasteiger partial charge in [-0.05, 0) is 47.0 Å². The molecule has 0 spiro atoms. The number of para-hydroxylation sites is 1. The lowest BCUT2D eigenvalue weighted by Gasteiger charge is -2.23. The van der Waals surface area contributed by atoms with Gasteiger partial charge in [-0.15, -0.1) is 11.3 Å². The lowest BCUT2D eigenvalue weighted by atomic mass is 10.2. The van der Waals surface area contributed by atoms with E-state index in [0.29, 0.717) is 22.5 Å². The third-order valence-corrected chi connectivity index (χ3v) is 8.83. The van der Waals surface area contributed by atoms with Gasteiger partial charge in [-0.2, -0.15) is 4.31 Å². The smallest absolute Gasteiger partial charge is 0.244 e. The molecule has 9 heteroatoms. The van der Waals surface area contributed by atoms with Gasteiger partial charge >= 0.3 is 0 Å². The molecule has 0 radical (unpaired) electrons. The standard InChI is InChI=1S/C19H19BrN2O4S2/c1-25-15-10-12(20)18(11-16(15)26-2)28(23,24)22-9-5-7-14(22)19-21-13-6-3-4-8-17(13)27-19/h3-4,6,8,10-11,14H,5,7,9H2,1-2H3. The van der Waals surface area contributed by atoms with E-state index in [1.54, 1.807) is 21.7 Å². The fourth-order valence-corrected chi connectivity index (χ4v) is 7.31. The molecule has 1 aliphatic rings. The number of ether oxygens (including phenoxy) is 2. The number of fused-ring (bicyclic) bond motifs is 1. The largest absolute Gasteiger partial charge is 0.493 e. The first-order valence-electron chi connectivity index (χ1n) is 8.74. The van der Waals surface area contributed by atoms with Gasteiger partial charge in [0.05, 0.1) is 30.5 Å². The van der Waals surface area contributed by atoms with Gasteiger partial charge in [-0.1, -0.05) is 12.1 Å². The Kier molecular flexibility index (Phi) is 5.34. The summed E-state index contributed by atoms with van der Waals surface area (Å²) in [5.74, 6) is 0.845. The maximum absolute atomic E-state index is 13.5. The zero-order chi connectivity index (χ0) is 19.9. The van der Waals surface area contributed by atoms with Crippen LogP contribution >= 0.6 is 27.3 Å². The monoisotopic (exact) mass is 482 g/mol. The number of hydrogen-bond donors (Lipinski definition) is 0. The van der Waals surface area contributed by atoms with Gasteiger partial charge in [-0.25, -0.2) is 13.4 Å². The molecular formula is C19H19BrN2O4S2. The summed E-state index contributed by atoms with van der Waals surface area (Å²) in [6.45, 7) is 0.462. The first-order chi connectivity index (χ1) is 13.5. The molecule has 0 saturated carbocycles. The Labute approximate surface area is 176 Å². The van der Waals surface area contributed by atoms with Crippen LogP contribution in [-0.4, -0.2) is 38.5 Å². The van der Waals surface area contributed by atoms with Crippen LogP contribution in [0.25, 0.3) is 10.2 Å². The molecule has 1 saturated heterocycles. The summed E-state index contributed by atoms with van der Waals surface area (Å²) < 4.78 is 40.6. The van der Waals surface area contributed by atoms with Crippen molar-refractivity contribution < 1.29 is 17.9 Å². The second-order valence-corrected chi connectivity index (χ2v) is 10.2. The minimum absolute atomic E-state index is 0.165. The van der Waals surface area contributed by atoms with E-state index < -0.39 is 10.0 Å². The normalized spacial score (nSPS) is 17.9. The summed E-state index contributed by atoms with van der Waals surface area (Å²) in [6.07, 6.45) is 1.55. The van der Waals surface area contributed by atoms with Gasteiger partial charge in [0.25, 0.3) is 0 Å². The third-order valence-electron chi connectivity index (χ3n) is 4.82. The maximum Gasteiger partial charge on any atom is 0.244 e. The van der Waals surface area contributed by atoms with E-state index in [1.165, 1.54) is 20.3 Å². The van der Waals surface area contributed by atoms with Gasteiger partial charge < -0.3 is 9.47 Å². The van der Waals surface area contributed by atoms with E-state index in [4.69, 9.17) is 14.5 Å². The van der Waals surface area contributed by atoms with Gasteiger partial charge in [0.1, 0.15) is 9.90 Å². The summed E-state index contributed by atoms with van der Waals surface area (Å²) in [6, 6.07) is 10.7. The van der Waals surface area contributed by atoms with Crippen molar-refractivity contribution in [2.24, 2.45) is 0 Å². The molecule has 6 nitrogen and oxygen atoms in total. The molecule has 1 fully saturated rings. The highest BCUT2D eigenvalue weighted by Crippen LogP contribution is 2.43. The molecular weight excluding hydrogens is 464 g/mol. The number of thiazole rings is 1. The van der Waals surface area contributed by atoms with E-state index >= 15 is 0 Å². The first-order valence-corrected chi connectivity index (χ1v) is 11.8. The molecule has 0 bridgehead atoms. The third kappa shape index (κ3) is 3.30. The van der Waals surface area contributed by atoms with E-state index in [-0.39, 0.29) is 10.9 Å². The van der Waals surface area contributed by atoms with Crippen LogP contribution < -0.4 is 9.47 Å². The van der Waals surface area contributed by atoms with Gasteiger partial charge in [0.15, 0.2) is 11.5 Å². The van der Waals surface area contributed by atoms with Crippen molar-refractivity contribution in [1.29, 1.82) is 0 Å². The predicted molar refractivity (Wildman–Crippen MR) is 113 cm³/mol. The first kappa shape index (κ1) is 19.6. The molecule has 0 aliphatic carbocycles. The Morgan fingerprint density at radius 1 is 1.18 bits per heavy atom. The van der Waals surface area contributed by atoms with Gasteiger partial charge in [-0.3, -0.25) is 0 Å². The maximum atomic E-state index is 13.5. The molecule has 148 valence electrons. The summed E-state index contributed by atoms with van der Waals surface area (Å²) in [4.78, 5) is 4.86. The molecule has 1 atom stereocenters. The molecule has 2 heterocycles. The summed E-state index contributed by atoms with van der Waals surface area (Å²) in [7, 11) is -0.740. The lowest BCUT2D eigenvalue weighted by molar-refractivity contribution is 0.352. The average Bonchev–Trinajstić information content (AvgIpc) is 3.34. The highest BCUT2D eigenvalue weighted by Gasteiger charge is 2.39. The lowest BCUT2D eigenvalue weighted by Crippen LogP contribution is -2.31. The van der Waals surface area contributed by atoms with Gasteiger partial charge in [0.2, 0.25) is 10.0 Å². The molecule has 2 aromatic carbocycles. The minimum Gasteiger partial charge on any atom is -0.493 e. The van der Waals surface area contributed by atoms with Crippen molar-refractivity contribution in [3.05, 3.63) is 45.9 Å². The Balaban J connectivity index is 1.76.